The fraction of sp³-hybridized carbons (Fsp3) is 1.00. The molecular weight excluding hydrogens is 226 g/mol. The molecule has 106 valence electrons. The molecule has 4 nitrogen and oxygen atoms in total. The summed E-state index contributed by atoms with van der Waals surface area (Å²) in [6.45, 7) is 12.0. The molecule has 2 aliphatic heterocycles. The van der Waals surface area contributed by atoms with Crippen molar-refractivity contribution < 1.29 is 4.74 Å². The first-order valence-electron chi connectivity index (χ1n) is 7.48. The molecule has 0 bridgehead atoms. The Morgan fingerprint density at radius 3 is 2.11 bits per heavy atom. The van der Waals surface area contributed by atoms with Gasteiger partial charge in [0.1, 0.15) is 0 Å². The molecule has 2 aliphatic rings. The van der Waals surface area contributed by atoms with Gasteiger partial charge in [0, 0.05) is 58.0 Å². The number of ether oxygens (including phenoxy) is 1. The summed E-state index contributed by atoms with van der Waals surface area (Å²) < 4.78 is 5.46. The first-order valence-corrected chi connectivity index (χ1v) is 7.48. The molecule has 0 spiro atoms. The standard InChI is InChI=1S/C14H29N3O/c1-12(2)16-5-7-17(8-6-16)14(11-15)13-3-9-18-10-4-13/h12-14H,3-11,15H2,1-2H3. The molecule has 0 aromatic carbocycles. The molecule has 0 aromatic heterocycles. The van der Waals surface area contributed by atoms with Crippen LogP contribution in [0.2, 0.25) is 0 Å². The summed E-state index contributed by atoms with van der Waals surface area (Å²) in [5, 5.41) is 0. The van der Waals surface area contributed by atoms with Gasteiger partial charge in [-0.05, 0) is 32.6 Å². The van der Waals surface area contributed by atoms with Crippen molar-refractivity contribution in [3.8, 4) is 0 Å². The normalized spacial score (nSPS) is 26.7. The van der Waals surface area contributed by atoms with Gasteiger partial charge in [-0.3, -0.25) is 9.80 Å². The SMILES string of the molecule is CC(C)N1CCN(C(CN)C2CCOCC2)CC1. The second kappa shape index (κ2) is 6.85. The van der Waals surface area contributed by atoms with Crippen molar-refractivity contribution in [3.05, 3.63) is 0 Å². The smallest absolute Gasteiger partial charge is 0.0469 e. The number of rotatable bonds is 4. The molecule has 4 heteroatoms. The first-order chi connectivity index (χ1) is 8.72. The quantitative estimate of drug-likeness (QED) is 0.805. The summed E-state index contributed by atoms with van der Waals surface area (Å²) in [5.41, 5.74) is 6.03. The molecule has 2 N–H and O–H groups in total. The van der Waals surface area contributed by atoms with Crippen LogP contribution in [-0.2, 0) is 4.74 Å². The largest absolute Gasteiger partial charge is 0.381 e. The first kappa shape index (κ1) is 14.3. The van der Waals surface area contributed by atoms with Crippen molar-refractivity contribution in [2.24, 2.45) is 11.7 Å². The van der Waals surface area contributed by atoms with E-state index in [9.17, 15) is 0 Å². The molecule has 2 saturated heterocycles. The fourth-order valence-corrected chi connectivity index (χ4v) is 3.33. The van der Waals surface area contributed by atoms with Crippen molar-refractivity contribution in [2.45, 2.75) is 38.8 Å². The van der Waals surface area contributed by atoms with Crippen molar-refractivity contribution in [1.82, 2.24) is 9.80 Å². The van der Waals surface area contributed by atoms with Gasteiger partial charge in [0.2, 0.25) is 0 Å². The van der Waals surface area contributed by atoms with Crippen molar-refractivity contribution in [3.63, 3.8) is 0 Å². The van der Waals surface area contributed by atoms with Gasteiger partial charge in [-0.15, -0.1) is 0 Å². The average molecular weight is 255 g/mol. The maximum Gasteiger partial charge on any atom is 0.0469 e. The number of nitrogens with zero attached hydrogens (tertiary/aromatic N) is 2. The Kier molecular flexibility index (Phi) is 5.42. The van der Waals surface area contributed by atoms with Gasteiger partial charge in [0.15, 0.2) is 0 Å². The lowest BCUT2D eigenvalue weighted by Gasteiger charge is -2.43. The van der Waals surface area contributed by atoms with Crippen LogP contribution in [0, 0.1) is 5.92 Å². The summed E-state index contributed by atoms with van der Waals surface area (Å²) in [6.07, 6.45) is 2.37. The molecule has 0 aliphatic carbocycles. The monoisotopic (exact) mass is 255 g/mol. The van der Waals surface area contributed by atoms with E-state index in [0.717, 1.165) is 25.7 Å². The van der Waals surface area contributed by atoms with Crippen LogP contribution in [0.25, 0.3) is 0 Å². The van der Waals surface area contributed by atoms with Crippen LogP contribution < -0.4 is 5.73 Å². The highest BCUT2D eigenvalue weighted by atomic mass is 16.5. The number of piperazine rings is 1. The zero-order chi connectivity index (χ0) is 13.0. The van der Waals surface area contributed by atoms with Gasteiger partial charge in [-0.2, -0.15) is 0 Å². The minimum Gasteiger partial charge on any atom is -0.381 e. The maximum absolute atomic E-state index is 6.03. The molecular formula is C14H29N3O. The molecule has 1 unspecified atom stereocenters. The van der Waals surface area contributed by atoms with Gasteiger partial charge in [-0.1, -0.05) is 0 Å². The van der Waals surface area contributed by atoms with Crippen LogP contribution in [0.15, 0.2) is 0 Å². The second-order valence-electron chi connectivity index (χ2n) is 5.92. The number of hydrogen-bond acceptors (Lipinski definition) is 4. The van der Waals surface area contributed by atoms with Crippen molar-refractivity contribution >= 4 is 0 Å². The zero-order valence-electron chi connectivity index (χ0n) is 12.0. The Morgan fingerprint density at radius 2 is 1.61 bits per heavy atom. The van der Waals surface area contributed by atoms with Gasteiger partial charge in [0.25, 0.3) is 0 Å². The highest BCUT2D eigenvalue weighted by Crippen LogP contribution is 2.23. The third kappa shape index (κ3) is 3.44. The average Bonchev–Trinajstić information content (AvgIpc) is 2.41. The Balaban J connectivity index is 1.85. The Bertz CT molecular complexity index is 233. The minimum atomic E-state index is 0.572. The highest BCUT2D eigenvalue weighted by molar-refractivity contribution is 4.85. The van der Waals surface area contributed by atoms with Gasteiger partial charge in [0.05, 0.1) is 0 Å². The van der Waals surface area contributed by atoms with Gasteiger partial charge < -0.3 is 10.5 Å². The summed E-state index contributed by atoms with van der Waals surface area (Å²) in [5.74, 6) is 0.745. The highest BCUT2D eigenvalue weighted by Gasteiger charge is 2.30. The van der Waals surface area contributed by atoms with Crippen LogP contribution in [-0.4, -0.2) is 67.8 Å². The maximum atomic E-state index is 6.03. The lowest BCUT2D eigenvalue weighted by molar-refractivity contribution is 0.00815. The molecule has 0 radical (unpaired) electrons. The van der Waals surface area contributed by atoms with Crippen LogP contribution in [0.4, 0.5) is 0 Å². The van der Waals surface area contributed by atoms with E-state index in [1.807, 2.05) is 0 Å². The molecule has 2 rings (SSSR count). The summed E-state index contributed by atoms with van der Waals surface area (Å²) >= 11 is 0. The van der Waals surface area contributed by atoms with Gasteiger partial charge in [-0.25, -0.2) is 0 Å². The Morgan fingerprint density at radius 1 is 1.06 bits per heavy atom. The van der Waals surface area contributed by atoms with E-state index < -0.39 is 0 Å². The van der Waals surface area contributed by atoms with Gasteiger partial charge >= 0.3 is 0 Å². The molecule has 0 saturated carbocycles. The molecule has 2 fully saturated rings. The lowest BCUT2D eigenvalue weighted by Crippen LogP contribution is -2.56. The number of hydrogen-bond donors (Lipinski definition) is 1. The molecule has 18 heavy (non-hydrogen) atoms. The number of nitrogens with two attached hydrogens (primary N) is 1. The van der Waals surface area contributed by atoms with E-state index in [2.05, 4.69) is 23.6 Å². The van der Waals surface area contributed by atoms with E-state index >= 15 is 0 Å². The predicted octanol–water partition coefficient (Wildman–Crippen LogP) is 0.766. The lowest BCUT2D eigenvalue weighted by atomic mass is 9.90. The van der Waals surface area contributed by atoms with Crippen LogP contribution >= 0.6 is 0 Å². The zero-order valence-corrected chi connectivity index (χ0v) is 12.0. The molecule has 0 amide bonds. The summed E-state index contributed by atoms with van der Waals surface area (Å²) in [4.78, 5) is 5.18. The summed E-state index contributed by atoms with van der Waals surface area (Å²) in [7, 11) is 0. The van der Waals surface area contributed by atoms with E-state index in [-0.39, 0.29) is 0 Å². The molecule has 2 heterocycles. The Hall–Kier alpha value is -0.160. The second-order valence-corrected chi connectivity index (χ2v) is 5.92. The fourth-order valence-electron chi connectivity index (χ4n) is 3.33. The topological polar surface area (TPSA) is 41.7 Å². The van der Waals surface area contributed by atoms with E-state index in [0.29, 0.717) is 12.1 Å². The third-order valence-corrected chi connectivity index (χ3v) is 4.60. The van der Waals surface area contributed by atoms with Crippen LogP contribution in [0.5, 0.6) is 0 Å². The predicted molar refractivity (Wildman–Crippen MR) is 74.7 cm³/mol. The van der Waals surface area contributed by atoms with Crippen molar-refractivity contribution in [2.75, 3.05) is 45.9 Å². The Labute approximate surface area is 111 Å². The van der Waals surface area contributed by atoms with Crippen molar-refractivity contribution in [1.29, 1.82) is 0 Å². The van der Waals surface area contributed by atoms with E-state index in [4.69, 9.17) is 10.5 Å². The molecule has 0 aromatic rings. The minimum absolute atomic E-state index is 0.572. The molecule has 1 atom stereocenters. The van der Waals surface area contributed by atoms with E-state index in [1.54, 1.807) is 0 Å². The van der Waals surface area contributed by atoms with Crippen LogP contribution in [0.3, 0.4) is 0 Å². The van der Waals surface area contributed by atoms with Crippen LogP contribution in [0.1, 0.15) is 26.7 Å². The third-order valence-electron chi connectivity index (χ3n) is 4.60. The summed E-state index contributed by atoms with van der Waals surface area (Å²) in [6, 6.07) is 1.25. The van der Waals surface area contributed by atoms with E-state index in [1.165, 1.54) is 39.0 Å².